The zero-order valence-corrected chi connectivity index (χ0v) is 4.40. The van der Waals surface area contributed by atoms with Gasteiger partial charge in [0.1, 0.15) is 0 Å². The van der Waals surface area contributed by atoms with Crippen molar-refractivity contribution in [1.82, 2.24) is 0 Å². The summed E-state index contributed by atoms with van der Waals surface area (Å²) in [6.45, 7) is 0. The van der Waals surface area contributed by atoms with E-state index in [4.69, 9.17) is 10.2 Å². The van der Waals surface area contributed by atoms with Gasteiger partial charge < -0.3 is 10.2 Å². The van der Waals surface area contributed by atoms with E-state index in [1.165, 1.54) is 0 Å². The van der Waals surface area contributed by atoms with Crippen molar-refractivity contribution in [3.63, 3.8) is 0 Å². The van der Waals surface area contributed by atoms with Crippen molar-refractivity contribution < 1.29 is 24.9 Å². The SMILES string of the molecule is [O]C(=O)C[C@H](O)C(=O)O. The maximum absolute atomic E-state index is 9.69. The second-order valence-corrected chi connectivity index (χ2v) is 1.43. The molecule has 0 saturated heterocycles. The molecule has 0 spiro atoms. The van der Waals surface area contributed by atoms with Crippen LogP contribution < -0.4 is 0 Å². The number of aliphatic hydroxyl groups is 1. The summed E-state index contributed by atoms with van der Waals surface area (Å²) in [5.41, 5.74) is 0. The maximum Gasteiger partial charge on any atom is 0.358 e. The summed E-state index contributed by atoms with van der Waals surface area (Å²) in [5.74, 6) is -3.14. The van der Waals surface area contributed by atoms with Gasteiger partial charge in [-0.25, -0.2) is 14.7 Å². The molecule has 0 amide bonds. The van der Waals surface area contributed by atoms with Crippen molar-refractivity contribution in [2.24, 2.45) is 0 Å². The Morgan fingerprint density at radius 1 is 1.44 bits per heavy atom. The van der Waals surface area contributed by atoms with Crippen LogP contribution in [0.3, 0.4) is 0 Å². The van der Waals surface area contributed by atoms with Crippen LogP contribution in [0.1, 0.15) is 6.42 Å². The van der Waals surface area contributed by atoms with Gasteiger partial charge in [0.15, 0.2) is 6.10 Å². The van der Waals surface area contributed by atoms with E-state index >= 15 is 0 Å². The Bertz CT molecular complexity index is 129. The number of carbonyl (C=O) groups excluding carboxylic acids is 1. The zero-order chi connectivity index (χ0) is 7.44. The normalized spacial score (nSPS) is 12.6. The molecule has 0 aromatic heterocycles. The summed E-state index contributed by atoms with van der Waals surface area (Å²) in [6, 6.07) is 0. The number of aliphatic hydroxyl groups excluding tert-OH is 1. The Morgan fingerprint density at radius 3 is 2.00 bits per heavy atom. The molecule has 0 aromatic rings. The van der Waals surface area contributed by atoms with Gasteiger partial charge in [-0.3, -0.25) is 0 Å². The molecule has 0 aliphatic carbocycles. The van der Waals surface area contributed by atoms with Gasteiger partial charge in [0.2, 0.25) is 0 Å². The quantitative estimate of drug-likeness (QED) is 0.504. The van der Waals surface area contributed by atoms with Crippen LogP contribution in [-0.4, -0.2) is 28.3 Å². The Balaban J connectivity index is 3.63. The number of aliphatic carboxylic acids is 1. The molecule has 0 aliphatic heterocycles. The maximum atomic E-state index is 9.69. The predicted octanol–water partition coefficient (Wildman–Crippen LogP) is -1.22. The lowest BCUT2D eigenvalue weighted by atomic mass is 10.3. The van der Waals surface area contributed by atoms with E-state index in [2.05, 4.69) is 0 Å². The van der Waals surface area contributed by atoms with Gasteiger partial charge in [-0.1, -0.05) is 0 Å². The van der Waals surface area contributed by atoms with Crippen molar-refractivity contribution in [2.45, 2.75) is 12.5 Å². The molecular weight excluding hydrogens is 128 g/mol. The number of carboxylic acid groups (broad SMARTS) is 1. The highest BCUT2D eigenvalue weighted by molar-refractivity contribution is 5.79. The van der Waals surface area contributed by atoms with E-state index in [0.717, 1.165) is 0 Å². The lowest BCUT2D eigenvalue weighted by molar-refractivity contribution is -0.155. The summed E-state index contributed by atoms with van der Waals surface area (Å²) in [7, 11) is 0. The van der Waals surface area contributed by atoms with Crippen molar-refractivity contribution in [3.8, 4) is 0 Å². The van der Waals surface area contributed by atoms with E-state index in [0.29, 0.717) is 0 Å². The van der Waals surface area contributed by atoms with Crippen molar-refractivity contribution in [1.29, 1.82) is 0 Å². The fourth-order valence-electron chi connectivity index (χ4n) is 0.245. The lowest BCUT2D eigenvalue weighted by Gasteiger charge is -1.96. The molecule has 0 fully saturated rings. The third kappa shape index (κ3) is 3.48. The van der Waals surface area contributed by atoms with E-state index in [9.17, 15) is 14.7 Å². The highest BCUT2D eigenvalue weighted by atomic mass is 16.4. The van der Waals surface area contributed by atoms with Gasteiger partial charge in [0.05, 0.1) is 6.42 Å². The molecule has 0 aliphatic rings. The van der Waals surface area contributed by atoms with Crippen LogP contribution in [0.4, 0.5) is 0 Å². The second-order valence-electron chi connectivity index (χ2n) is 1.43. The zero-order valence-electron chi connectivity index (χ0n) is 4.40. The first-order chi connectivity index (χ1) is 4.04. The summed E-state index contributed by atoms with van der Waals surface area (Å²) in [6.07, 6.45) is -2.72. The molecule has 0 rings (SSSR count). The third-order valence-electron chi connectivity index (χ3n) is 0.645. The first kappa shape index (κ1) is 7.90. The minimum Gasteiger partial charge on any atom is -0.479 e. The third-order valence-corrected chi connectivity index (χ3v) is 0.645. The van der Waals surface area contributed by atoms with Crippen molar-refractivity contribution in [2.75, 3.05) is 0 Å². The van der Waals surface area contributed by atoms with Gasteiger partial charge in [0.25, 0.3) is 0 Å². The van der Waals surface area contributed by atoms with E-state index in [1.807, 2.05) is 0 Å². The molecule has 0 saturated carbocycles. The smallest absolute Gasteiger partial charge is 0.358 e. The Labute approximate surface area is 50.5 Å². The van der Waals surface area contributed by atoms with Crippen LogP contribution in [-0.2, 0) is 14.7 Å². The lowest BCUT2D eigenvalue weighted by Crippen LogP contribution is -2.22. The number of carboxylic acids is 1. The molecule has 1 radical (unpaired) electrons. The molecule has 9 heavy (non-hydrogen) atoms. The Kier molecular flexibility index (Phi) is 2.66. The van der Waals surface area contributed by atoms with Crippen LogP contribution >= 0.6 is 0 Å². The molecule has 51 valence electrons. The van der Waals surface area contributed by atoms with Crippen LogP contribution in [0.2, 0.25) is 0 Å². The van der Waals surface area contributed by atoms with Crippen molar-refractivity contribution >= 4 is 11.9 Å². The van der Waals surface area contributed by atoms with Gasteiger partial charge in [0, 0.05) is 0 Å². The highest BCUT2D eigenvalue weighted by Crippen LogP contribution is 1.90. The van der Waals surface area contributed by atoms with Gasteiger partial charge in [-0.2, -0.15) is 0 Å². The molecular formula is C4H5O5. The molecule has 0 bridgehead atoms. The Hall–Kier alpha value is -1.10. The highest BCUT2D eigenvalue weighted by Gasteiger charge is 2.17. The number of hydrogen-bond acceptors (Lipinski definition) is 3. The van der Waals surface area contributed by atoms with Crippen molar-refractivity contribution in [3.05, 3.63) is 0 Å². The minimum absolute atomic E-state index is 0.866. The van der Waals surface area contributed by atoms with Gasteiger partial charge in [-0.05, 0) is 0 Å². The monoisotopic (exact) mass is 133 g/mol. The fourth-order valence-corrected chi connectivity index (χ4v) is 0.245. The van der Waals surface area contributed by atoms with Crippen LogP contribution in [0.15, 0.2) is 0 Å². The molecule has 5 nitrogen and oxygen atoms in total. The fraction of sp³-hybridized carbons (Fsp3) is 0.500. The average molecular weight is 133 g/mol. The Morgan fingerprint density at radius 2 is 1.89 bits per heavy atom. The van der Waals surface area contributed by atoms with Crippen LogP contribution in [0.25, 0.3) is 0 Å². The molecule has 5 heteroatoms. The number of carbonyl (C=O) groups is 2. The van der Waals surface area contributed by atoms with Gasteiger partial charge >= 0.3 is 11.9 Å². The minimum atomic E-state index is -1.85. The van der Waals surface area contributed by atoms with Crippen LogP contribution in [0.5, 0.6) is 0 Å². The summed E-state index contributed by atoms with van der Waals surface area (Å²) in [4.78, 5) is 19.3. The van der Waals surface area contributed by atoms with Gasteiger partial charge in [-0.15, -0.1) is 0 Å². The summed E-state index contributed by atoms with van der Waals surface area (Å²) < 4.78 is 0. The average Bonchev–Trinajstić information content (AvgIpc) is 1.63. The first-order valence-electron chi connectivity index (χ1n) is 2.14. The molecule has 0 aromatic carbocycles. The van der Waals surface area contributed by atoms with E-state index in [-0.39, 0.29) is 0 Å². The standard InChI is InChI=1S/C4H5O5/c5-2(4(8)9)1-3(6)7/h2,5H,1H2,(H,8,9)/t2-/m0/s1. The van der Waals surface area contributed by atoms with E-state index in [1.54, 1.807) is 0 Å². The van der Waals surface area contributed by atoms with Crippen LogP contribution in [0, 0.1) is 0 Å². The molecule has 1 atom stereocenters. The molecule has 2 N–H and O–H groups in total. The number of rotatable bonds is 3. The largest absolute Gasteiger partial charge is 0.479 e. The van der Waals surface area contributed by atoms with E-state index < -0.39 is 24.5 Å². The summed E-state index contributed by atoms with van der Waals surface area (Å²) >= 11 is 0. The molecule has 0 unspecified atom stereocenters. The first-order valence-corrected chi connectivity index (χ1v) is 2.14. The molecule has 0 heterocycles. The topological polar surface area (TPSA) is 94.5 Å². The second kappa shape index (κ2) is 3.03. The predicted molar refractivity (Wildman–Crippen MR) is 24.0 cm³/mol. The summed E-state index contributed by atoms with van der Waals surface area (Å²) in [5, 5.41) is 25.7. The number of hydrogen-bond donors (Lipinski definition) is 2.